The van der Waals surface area contributed by atoms with Gasteiger partial charge in [-0.15, -0.1) is 0 Å². The van der Waals surface area contributed by atoms with Gasteiger partial charge >= 0.3 is 0 Å². The molecule has 1 aromatic heterocycles. The molecule has 7 nitrogen and oxygen atoms in total. The normalized spacial score (nSPS) is 12.5. The Morgan fingerprint density at radius 1 is 1.14 bits per heavy atom. The van der Waals surface area contributed by atoms with Gasteiger partial charge in [0.25, 0.3) is 0 Å². The van der Waals surface area contributed by atoms with Crippen LogP contribution in [0.4, 0.5) is 10.2 Å². The molecule has 0 radical (unpaired) electrons. The second-order valence-electron chi connectivity index (χ2n) is 6.13. The van der Waals surface area contributed by atoms with Crippen molar-refractivity contribution in [1.82, 2.24) is 9.88 Å². The van der Waals surface area contributed by atoms with Gasteiger partial charge in [-0.25, -0.2) is 12.8 Å². The second kappa shape index (κ2) is 8.32. The fourth-order valence-corrected chi connectivity index (χ4v) is 3.74. The Labute approximate surface area is 161 Å². The van der Waals surface area contributed by atoms with Crippen LogP contribution < -0.4 is 10.0 Å². The lowest BCUT2D eigenvalue weighted by molar-refractivity contribution is -0.117. The minimum absolute atomic E-state index is 0.115. The summed E-state index contributed by atoms with van der Waals surface area (Å²) in [5.74, 6) is -0.467. The molecule has 0 aliphatic heterocycles. The van der Waals surface area contributed by atoms with E-state index in [1.54, 1.807) is 31.2 Å². The van der Waals surface area contributed by atoms with Gasteiger partial charge in [-0.1, -0.05) is 35.5 Å². The topological polar surface area (TPSA) is 101 Å². The predicted molar refractivity (Wildman–Crippen MR) is 101 cm³/mol. The third kappa shape index (κ3) is 5.02. The van der Waals surface area contributed by atoms with Crippen molar-refractivity contribution in [1.29, 1.82) is 0 Å². The first-order valence-corrected chi connectivity index (χ1v) is 9.88. The van der Waals surface area contributed by atoms with Crippen LogP contribution in [0, 0.1) is 12.7 Å². The molecule has 146 valence electrons. The van der Waals surface area contributed by atoms with E-state index in [2.05, 4.69) is 15.2 Å². The van der Waals surface area contributed by atoms with Gasteiger partial charge in [0.1, 0.15) is 17.6 Å². The summed E-state index contributed by atoms with van der Waals surface area (Å²) >= 11 is 0. The van der Waals surface area contributed by atoms with Crippen LogP contribution >= 0.6 is 0 Å². The third-order valence-corrected chi connectivity index (χ3v) is 5.39. The summed E-state index contributed by atoms with van der Waals surface area (Å²) in [6, 6.07) is 13.7. The number of anilines is 1. The molecule has 1 amide bonds. The van der Waals surface area contributed by atoms with Gasteiger partial charge in [-0.05, 0) is 43.2 Å². The molecule has 1 heterocycles. The lowest BCUT2D eigenvalue weighted by atomic mass is 10.1. The summed E-state index contributed by atoms with van der Waals surface area (Å²) in [6.07, 6.45) is 0.115. The number of sulfonamides is 1. The zero-order valence-electron chi connectivity index (χ0n) is 14.9. The number of rotatable bonds is 7. The molecule has 0 bridgehead atoms. The van der Waals surface area contributed by atoms with Crippen molar-refractivity contribution < 1.29 is 22.1 Å². The van der Waals surface area contributed by atoms with Crippen LogP contribution in [0.5, 0.6) is 0 Å². The maximum absolute atomic E-state index is 13.1. The maximum Gasteiger partial charge on any atom is 0.244 e. The van der Waals surface area contributed by atoms with Crippen molar-refractivity contribution in [2.24, 2.45) is 0 Å². The van der Waals surface area contributed by atoms with E-state index in [9.17, 15) is 17.6 Å². The molecule has 0 fully saturated rings. The van der Waals surface area contributed by atoms with E-state index >= 15 is 0 Å². The van der Waals surface area contributed by atoms with E-state index in [0.29, 0.717) is 5.76 Å². The van der Waals surface area contributed by atoms with Gasteiger partial charge in [-0.3, -0.25) is 4.79 Å². The molecule has 9 heteroatoms. The van der Waals surface area contributed by atoms with Crippen LogP contribution in [0.2, 0.25) is 0 Å². The van der Waals surface area contributed by atoms with Crippen molar-refractivity contribution in [3.8, 4) is 0 Å². The van der Waals surface area contributed by atoms with E-state index < -0.39 is 27.8 Å². The predicted octanol–water partition coefficient (Wildman–Crippen LogP) is 2.65. The van der Waals surface area contributed by atoms with Gasteiger partial charge in [0.15, 0.2) is 5.82 Å². The first kappa shape index (κ1) is 19.7. The highest BCUT2D eigenvalue weighted by Gasteiger charge is 2.27. The third-order valence-electron chi connectivity index (χ3n) is 3.90. The highest BCUT2D eigenvalue weighted by atomic mass is 32.2. The number of nitrogens with one attached hydrogen (secondary N) is 2. The number of aromatic nitrogens is 1. The monoisotopic (exact) mass is 403 g/mol. The quantitative estimate of drug-likeness (QED) is 0.632. The lowest BCUT2D eigenvalue weighted by Crippen LogP contribution is -2.45. The lowest BCUT2D eigenvalue weighted by Gasteiger charge is -2.18. The fraction of sp³-hybridized carbons (Fsp3) is 0.158. The molecular weight excluding hydrogens is 385 g/mol. The van der Waals surface area contributed by atoms with Gasteiger partial charge in [0.2, 0.25) is 15.9 Å². The average molecular weight is 403 g/mol. The van der Waals surface area contributed by atoms with Crippen molar-refractivity contribution in [3.63, 3.8) is 0 Å². The van der Waals surface area contributed by atoms with Crippen LogP contribution in [0.3, 0.4) is 0 Å². The number of halogens is 1. The average Bonchev–Trinajstić information content (AvgIpc) is 3.07. The molecule has 1 atom stereocenters. The van der Waals surface area contributed by atoms with E-state index in [-0.39, 0.29) is 17.1 Å². The first-order valence-electron chi connectivity index (χ1n) is 8.39. The number of nitrogens with zero attached hydrogens (tertiary/aromatic N) is 1. The van der Waals surface area contributed by atoms with Crippen molar-refractivity contribution >= 4 is 21.7 Å². The van der Waals surface area contributed by atoms with Crippen LogP contribution in [0.25, 0.3) is 0 Å². The summed E-state index contributed by atoms with van der Waals surface area (Å²) in [5.41, 5.74) is 0.765. The molecule has 0 aliphatic rings. The number of aryl methyl sites for hydroxylation is 1. The van der Waals surface area contributed by atoms with E-state index in [4.69, 9.17) is 4.52 Å². The fourth-order valence-electron chi connectivity index (χ4n) is 2.55. The molecule has 0 spiro atoms. The number of benzene rings is 2. The zero-order chi connectivity index (χ0) is 20.1. The number of carbonyl (C=O) groups excluding carboxylic acids is 1. The minimum atomic E-state index is -4.05. The highest BCUT2D eigenvalue weighted by molar-refractivity contribution is 7.89. The molecule has 0 saturated heterocycles. The SMILES string of the molecule is Cc1cc(NC(=O)C(Cc2ccccc2)NS(=O)(=O)c2ccc(F)cc2)no1. The standard InChI is InChI=1S/C19H18FN3O4S/c1-13-11-18(22-27-13)21-19(24)17(12-14-5-3-2-4-6-14)23-28(25,26)16-9-7-15(20)8-10-16/h2-11,17,23H,12H2,1H3,(H,21,22,24). The largest absolute Gasteiger partial charge is 0.360 e. The van der Waals surface area contributed by atoms with E-state index in [1.807, 2.05) is 6.07 Å². The summed E-state index contributed by atoms with van der Waals surface area (Å²) in [5, 5.41) is 6.22. The Bertz CT molecular complexity index is 1050. The van der Waals surface area contributed by atoms with Crippen molar-refractivity contribution in [2.75, 3.05) is 5.32 Å². The Hall–Kier alpha value is -3.04. The van der Waals surface area contributed by atoms with Crippen LogP contribution in [-0.4, -0.2) is 25.5 Å². The smallest absolute Gasteiger partial charge is 0.244 e. The minimum Gasteiger partial charge on any atom is -0.360 e. The molecule has 28 heavy (non-hydrogen) atoms. The van der Waals surface area contributed by atoms with Gasteiger partial charge in [0, 0.05) is 6.07 Å². The van der Waals surface area contributed by atoms with Crippen LogP contribution in [0.1, 0.15) is 11.3 Å². The van der Waals surface area contributed by atoms with Crippen LogP contribution in [-0.2, 0) is 21.2 Å². The molecule has 0 aliphatic carbocycles. The summed E-state index contributed by atoms with van der Waals surface area (Å²) in [6.45, 7) is 1.67. The Morgan fingerprint density at radius 2 is 1.82 bits per heavy atom. The number of hydrogen-bond donors (Lipinski definition) is 2. The summed E-state index contributed by atoms with van der Waals surface area (Å²) in [7, 11) is -4.05. The number of hydrogen-bond acceptors (Lipinski definition) is 5. The first-order chi connectivity index (χ1) is 13.3. The second-order valence-corrected chi connectivity index (χ2v) is 7.84. The van der Waals surface area contributed by atoms with E-state index in [1.165, 1.54) is 6.07 Å². The molecule has 2 aromatic carbocycles. The van der Waals surface area contributed by atoms with Crippen LogP contribution in [0.15, 0.2) is 70.1 Å². The zero-order valence-corrected chi connectivity index (χ0v) is 15.7. The highest BCUT2D eigenvalue weighted by Crippen LogP contribution is 2.14. The molecule has 2 N–H and O–H groups in total. The van der Waals surface area contributed by atoms with Crippen molar-refractivity contribution in [3.05, 3.63) is 77.8 Å². The molecular formula is C19H18FN3O4S. The molecule has 0 saturated carbocycles. The molecule has 3 aromatic rings. The van der Waals surface area contributed by atoms with Crippen molar-refractivity contribution in [2.45, 2.75) is 24.3 Å². The summed E-state index contributed by atoms with van der Waals surface area (Å²) < 4.78 is 45.7. The number of carbonyl (C=O) groups is 1. The molecule has 3 rings (SSSR count). The van der Waals surface area contributed by atoms with Gasteiger partial charge in [0.05, 0.1) is 4.90 Å². The Balaban J connectivity index is 1.84. The van der Waals surface area contributed by atoms with Gasteiger partial charge in [-0.2, -0.15) is 4.72 Å². The van der Waals surface area contributed by atoms with E-state index in [0.717, 1.165) is 29.8 Å². The number of amides is 1. The molecule has 1 unspecified atom stereocenters. The Morgan fingerprint density at radius 3 is 2.43 bits per heavy atom. The summed E-state index contributed by atoms with van der Waals surface area (Å²) in [4.78, 5) is 12.6. The maximum atomic E-state index is 13.1. The van der Waals surface area contributed by atoms with Gasteiger partial charge < -0.3 is 9.84 Å². The Kier molecular flexibility index (Phi) is 5.86.